The molecule has 0 spiro atoms. The second-order valence-electron chi connectivity index (χ2n) is 15.8. The van der Waals surface area contributed by atoms with Gasteiger partial charge in [0.05, 0.1) is 6.04 Å². The monoisotopic (exact) mass is 771 g/mol. The van der Waals surface area contributed by atoms with Crippen LogP contribution in [-0.4, -0.2) is 103 Å². The molecule has 54 heavy (non-hydrogen) atoms. The lowest BCUT2D eigenvalue weighted by Gasteiger charge is -2.37. The number of likely N-dealkylation sites (tertiary alicyclic amines) is 1. The molecule has 4 N–H and O–H groups in total. The number of nitrogens with zero attached hydrogens (tertiary/aromatic N) is 3. The Morgan fingerprint density at radius 2 is 1.72 bits per heavy atom. The van der Waals surface area contributed by atoms with Crippen molar-refractivity contribution in [1.29, 1.82) is 0 Å². The minimum atomic E-state index is -3.95. The average molecular weight is 772 g/mol. The van der Waals surface area contributed by atoms with Gasteiger partial charge in [-0.15, -0.1) is 6.58 Å². The molecule has 0 radical (unpaired) electrons. The fraction of sp³-hybridized carbons (Fsp3) is 0.641. The van der Waals surface area contributed by atoms with Crippen molar-refractivity contribution in [3.05, 3.63) is 48.7 Å². The Morgan fingerprint density at radius 3 is 2.30 bits per heavy atom. The van der Waals surface area contributed by atoms with E-state index in [0.717, 1.165) is 29.1 Å². The minimum absolute atomic E-state index is 0.0557. The number of nitrogens with one attached hydrogen (secondary N) is 4. The van der Waals surface area contributed by atoms with Gasteiger partial charge < -0.3 is 26.2 Å². The minimum Gasteiger partial charge on any atom is -0.346 e. The highest BCUT2D eigenvalue weighted by atomic mass is 32.2. The van der Waals surface area contributed by atoms with Gasteiger partial charge in [0.15, 0.2) is 5.03 Å². The lowest BCUT2D eigenvalue weighted by atomic mass is 9.83. The van der Waals surface area contributed by atoms with Gasteiger partial charge in [-0.25, -0.2) is 18.2 Å². The summed E-state index contributed by atoms with van der Waals surface area (Å²) in [5, 5.41) is 11.1. The van der Waals surface area contributed by atoms with Crippen molar-refractivity contribution in [3.63, 3.8) is 0 Å². The number of urea groups is 1. The van der Waals surface area contributed by atoms with Gasteiger partial charge in [-0.1, -0.05) is 77.2 Å². The molecule has 5 atom stereocenters. The molecule has 15 heteroatoms. The zero-order valence-electron chi connectivity index (χ0n) is 33.0. The number of sulfonamides is 1. The van der Waals surface area contributed by atoms with Crippen molar-refractivity contribution in [2.45, 2.75) is 122 Å². The van der Waals surface area contributed by atoms with Gasteiger partial charge in [-0.3, -0.25) is 19.2 Å². The molecular formula is C39H61N7O7S. The summed E-state index contributed by atoms with van der Waals surface area (Å²) in [7, 11) is -2.52. The van der Waals surface area contributed by atoms with Crippen LogP contribution < -0.4 is 21.3 Å². The van der Waals surface area contributed by atoms with E-state index in [1.807, 2.05) is 47.6 Å². The first kappa shape index (κ1) is 44.3. The molecule has 2 aliphatic rings. The van der Waals surface area contributed by atoms with Crippen molar-refractivity contribution in [1.82, 2.24) is 35.5 Å². The normalized spacial score (nSPS) is 19.6. The van der Waals surface area contributed by atoms with Gasteiger partial charge in [0.1, 0.15) is 12.1 Å². The number of allylic oxidation sites excluding steroid dienone is 1. The van der Waals surface area contributed by atoms with E-state index in [2.05, 4.69) is 32.8 Å². The molecule has 1 aromatic heterocycles. The number of Topliss-reactive ketones (excluding diaryl/α,β-unsaturated/α-hetero) is 1. The highest BCUT2D eigenvalue weighted by Crippen LogP contribution is 2.32. The van der Waals surface area contributed by atoms with Crippen LogP contribution in [0, 0.1) is 17.3 Å². The molecule has 1 saturated carbocycles. The number of carbonyl (C=O) groups excluding carboxylic acids is 5. The first-order valence-corrected chi connectivity index (χ1v) is 20.5. The molecule has 1 aliphatic heterocycles. The number of hydrogen-bond acceptors (Lipinski definition) is 8. The molecule has 14 nitrogen and oxygen atoms in total. The van der Waals surface area contributed by atoms with Crippen molar-refractivity contribution >= 4 is 39.6 Å². The van der Waals surface area contributed by atoms with E-state index in [1.54, 1.807) is 12.1 Å². The Bertz CT molecular complexity index is 1620. The first-order valence-electron chi connectivity index (χ1n) is 19.1. The van der Waals surface area contributed by atoms with Crippen LogP contribution in [-0.2, 0) is 29.2 Å². The average Bonchev–Trinajstić information content (AvgIpc) is 3.54. The van der Waals surface area contributed by atoms with Crippen LogP contribution in [0.25, 0.3) is 0 Å². The molecule has 2 fully saturated rings. The van der Waals surface area contributed by atoms with Gasteiger partial charge in [-0.2, -0.15) is 4.31 Å². The molecule has 1 saturated heterocycles. The van der Waals surface area contributed by atoms with Gasteiger partial charge in [0.25, 0.3) is 15.9 Å². The summed E-state index contributed by atoms with van der Waals surface area (Å²) in [6.07, 6.45) is 10.3. The number of pyridine rings is 1. The Kier molecular flexibility index (Phi) is 16.4. The SMILES string of the molecule is C=CCNC(=O)C(=O)C(CCC)NC(=O)[C@@H]1[C@@H](C=C(C)C)CCN1C(=O)[C@@H](NC(=O)N[C@H](CN(C)S(=O)(=O)c1ccccn1)C(C)(C)C)C1CCCCC1. The van der Waals surface area contributed by atoms with E-state index in [-0.39, 0.29) is 42.9 Å². The van der Waals surface area contributed by atoms with E-state index < -0.39 is 69.1 Å². The quantitative estimate of drug-likeness (QED) is 0.136. The lowest BCUT2D eigenvalue weighted by Crippen LogP contribution is -2.61. The van der Waals surface area contributed by atoms with Gasteiger partial charge in [-0.05, 0) is 63.0 Å². The number of aromatic nitrogens is 1. The summed E-state index contributed by atoms with van der Waals surface area (Å²) in [6.45, 7) is 15.2. The Morgan fingerprint density at radius 1 is 1.04 bits per heavy atom. The van der Waals surface area contributed by atoms with E-state index in [9.17, 15) is 32.4 Å². The number of likely N-dealkylation sites (N-methyl/N-ethyl adjacent to an activating group) is 1. The zero-order valence-corrected chi connectivity index (χ0v) is 33.8. The molecule has 1 unspecified atom stereocenters. The van der Waals surface area contributed by atoms with Crippen molar-refractivity contribution in [2.75, 3.05) is 26.7 Å². The third kappa shape index (κ3) is 11.9. The molecule has 1 aliphatic carbocycles. The number of hydrogen-bond donors (Lipinski definition) is 4. The molecule has 2 heterocycles. The van der Waals surface area contributed by atoms with Crippen LogP contribution in [0.1, 0.15) is 92.9 Å². The van der Waals surface area contributed by atoms with Crippen molar-refractivity contribution in [2.24, 2.45) is 17.3 Å². The predicted octanol–water partition coefficient (Wildman–Crippen LogP) is 3.70. The van der Waals surface area contributed by atoms with E-state index in [0.29, 0.717) is 25.7 Å². The van der Waals surface area contributed by atoms with Gasteiger partial charge >= 0.3 is 6.03 Å². The highest BCUT2D eigenvalue weighted by Gasteiger charge is 2.46. The van der Waals surface area contributed by atoms with Gasteiger partial charge in [0, 0.05) is 44.8 Å². The van der Waals surface area contributed by atoms with E-state index in [4.69, 9.17) is 0 Å². The Hall–Kier alpha value is -4.11. The molecule has 1 aromatic rings. The summed E-state index contributed by atoms with van der Waals surface area (Å²) in [5.41, 5.74) is 0.377. The third-order valence-electron chi connectivity index (χ3n) is 10.2. The summed E-state index contributed by atoms with van der Waals surface area (Å²) < 4.78 is 27.8. The second-order valence-corrected chi connectivity index (χ2v) is 17.7. The van der Waals surface area contributed by atoms with E-state index in [1.165, 1.54) is 30.3 Å². The third-order valence-corrected chi connectivity index (χ3v) is 11.9. The fourth-order valence-electron chi connectivity index (χ4n) is 7.15. The molecule has 0 bridgehead atoms. The first-order chi connectivity index (χ1) is 25.4. The smallest absolute Gasteiger partial charge is 0.315 e. The highest BCUT2D eigenvalue weighted by molar-refractivity contribution is 7.89. The van der Waals surface area contributed by atoms with Crippen LogP contribution in [0.4, 0.5) is 4.79 Å². The maximum absolute atomic E-state index is 14.7. The van der Waals surface area contributed by atoms with Crippen LogP contribution in [0.3, 0.4) is 0 Å². The second kappa shape index (κ2) is 20.0. The molecule has 300 valence electrons. The van der Waals surface area contributed by atoms with Crippen LogP contribution in [0.15, 0.2) is 53.7 Å². The Labute approximate surface area is 321 Å². The number of amides is 5. The maximum Gasteiger partial charge on any atom is 0.315 e. The summed E-state index contributed by atoms with van der Waals surface area (Å²) in [6, 6.07) is 0.336. The molecule has 5 amide bonds. The number of carbonyl (C=O) groups is 5. The number of rotatable bonds is 17. The maximum atomic E-state index is 14.7. The number of ketones is 1. The summed E-state index contributed by atoms with van der Waals surface area (Å²) in [4.78, 5) is 73.9. The molecule has 3 rings (SSSR count). The summed E-state index contributed by atoms with van der Waals surface area (Å²) in [5.74, 6) is -3.07. The lowest BCUT2D eigenvalue weighted by molar-refractivity contribution is -0.143. The fourth-order valence-corrected chi connectivity index (χ4v) is 8.26. The van der Waals surface area contributed by atoms with Gasteiger partial charge in [0.2, 0.25) is 17.6 Å². The molecular weight excluding hydrogens is 711 g/mol. The van der Waals surface area contributed by atoms with Crippen LogP contribution >= 0.6 is 0 Å². The largest absolute Gasteiger partial charge is 0.346 e. The zero-order chi connectivity index (χ0) is 40.2. The summed E-state index contributed by atoms with van der Waals surface area (Å²) >= 11 is 0. The molecule has 0 aromatic carbocycles. The van der Waals surface area contributed by atoms with Crippen LogP contribution in [0.2, 0.25) is 0 Å². The standard InChI is InChI=1S/C39H61N7O7S/c1-9-16-29(34(47)36(49)41-21-10-2)42-35(48)33-28(24-26(3)4)20-23-46(33)37(50)32(27-17-12-11-13-18-27)44-38(51)43-30(39(5,6)7)25-45(8)54(52,53)31-19-14-15-22-40-31/h10,14-15,19,22,24,27-30,32-33H,2,9,11-13,16-18,20-21,23,25H2,1,3-8H3,(H,41,49)(H,42,48)(H2,43,44,51)/t28-,29?,30-,32+,33+/m1/s1. The predicted molar refractivity (Wildman–Crippen MR) is 207 cm³/mol. The van der Waals surface area contributed by atoms with Crippen molar-refractivity contribution < 1.29 is 32.4 Å². The van der Waals surface area contributed by atoms with Crippen LogP contribution in [0.5, 0.6) is 0 Å². The van der Waals surface area contributed by atoms with E-state index >= 15 is 0 Å². The van der Waals surface area contributed by atoms with Crippen molar-refractivity contribution in [3.8, 4) is 0 Å². The Balaban J connectivity index is 1.90. The topological polar surface area (TPSA) is 187 Å².